The summed E-state index contributed by atoms with van der Waals surface area (Å²) in [7, 11) is 1.70. The molecule has 110 valence electrons. The van der Waals surface area contributed by atoms with Crippen LogP contribution in [0.15, 0.2) is 24.3 Å². The van der Waals surface area contributed by atoms with E-state index in [2.05, 4.69) is 10.6 Å². The van der Waals surface area contributed by atoms with E-state index in [1.54, 1.807) is 31.0 Å². The van der Waals surface area contributed by atoms with E-state index in [9.17, 15) is 9.59 Å². The van der Waals surface area contributed by atoms with Crippen molar-refractivity contribution in [1.29, 1.82) is 0 Å². The number of anilines is 1. The van der Waals surface area contributed by atoms with Gasteiger partial charge < -0.3 is 21.3 Å². The molecule has 1 aromatic rings. The van der Waals surface area contributed by atoms with E-state index in [-0.39, 0.29) is 5.91 Å². The van der Waals surface area contributed by atoms with Gasteiger partial charge in [0.15, 0.2) is 0 Å². The van der Waals surface area contributed by atoms with E-state index in [4.69, 9.17) is 5.73 Å². The molecule has 1 atom stereocenters. The molecule has 6 nitrogen and oxygen atoms in total. The molecule has 0 spiro atoms. The maximum Gasteiger partial charge on any atom is 0.319 e. The predicted octanol–water partition coefficient (Wildman–Crippen LogP) is 1.13. The second-order valence-corrected chi connectivity index (χ2v) is 4.58. The fraction of sp³-hybridized carbons (Fsp3) is 0.429. The van der Waals surface area contributed by atoms with Crippen molar-refractivity contribution in [3.05, 3.63) is 29.8 Å². The fourth-order valence-electron chi connectivity index (χ4n) is 1.69. The summed E-state index contributed by atoms with van der Waals surface area (Å²) in [4.78, 5) is 25.2. The molecule has 20 heavy (non-hydrogen) atoms. The van der Waals surface area contributed by atoms with Crippen LogP contribution in [0.2, 0.25) is 0 Å². The van der Waals surface area contributed by atoms with E-state index in [1.165, 1.54) is 0 Å². The van der Waals surface area contributed by atoms with Crippen molar-refractivity contribution in [3.8, 4) is 0 Å². The van der Waals surface area contributed by atoms with Gasteiger partial charge in [0.1, 0.15) is 6.04 Å². The lowest BCUT2D eigenvalue weighted by Crippen LogP contribution is -2.46. The highest BCUT2D eigenvalue weighted by Gasteiger charge is 2.18. The van der Waals surface area contributed by atoms with Gasteiger partial charge in [-0.15, -0.1) is 0 Å². The predicted molar refractivity (Wildman–Crippen MR) is 79.3 cm³/mol. The van der Waals surface area contributed by atoms with E-state index in [0.717, 1.165) is 5.56 Å². The molecular formula is C14H22N4O2. The normalized spacial score (nSPS) is 11.6. The van der Waals surface area contributed by atoms with Crippen LogP contribution in [0.3, 0.4) is 0 Å². The van der Waals surface area contributed by atoms with Gasteiger partial charge in [0.25, 0.3) is 0 Å². The summed E-state index contributed by atoms with van der Waals surface area (Å²) in [5.41, 5.74) is 7.12. The fourth-order valence-corrected chi connectivity index (χ4v) is 1.69. The van der Waals surface area contributed by atoms with Gasteiger partial charge in [0, 0.05) is 25.8 Å². The number of carbonyl (C=O) groups is 2. The monoisotopic (exact) mass is 278 g/mol. The number of amides is 3. The number of carbonyl (C=O) groups excluding carboxylic acids is 2. The number of likely N-dealkylation sites (N-methyl/N-ethyl adjacent to an activating group) is 1. The van der Waals surface area contributed by atoms with Crippen LogP contribution in [0, 0.1) is 0 Å². The van der Waals surface area contributed by atoms with Crippen molar-refractivity contribution in [2.75, 3.05) is 18.9 Å². The Hall–Kier alpha value is -2.08. The average Bonchev–Trinajstić information content (AvgIpc) is 2.45. The number of nitrogens with one attached hydrogen (secondary N) is 2. The van der Waals surface area contributed by atoms with Gasteiger partial charge in [-0.1, -0.05) is 12.1 Å². The van der Waals surface area contributed by atoms with Crippen LogP contribution in [0.1, 0.15) is 19.4 Å². The highest BCUT2D eigenvalue weighted by Crippen LogP contribution is 2.09. The van der Waals surface area contributed by atoms with Crippen LogP contribution in [0.5, 0.6) is 0 Å². The number of rotatable bonds is 5. The lowest BCUT2D eigenvalue weighted by atomic mass is 10.2. The van der Waals surface area contributed by atoms with Crippen LogP contribution in [-0.4, -0.2) is 36.5 Å². The first kappa shape index (κ1) is 16.0. The molecule has 0 bridgehead atoms. The third kappa shape index (κ3) is 4.55. The molecule has 0 aliphatic heterocycles. The van der Waals surface area contributed by atoms with Gasteiger partial charge >= 0.3 is 6.03 Å². The maximum absolute atomic E-state index is 11.8. The molecule has 0 saturated carbocycles. The molecule has 4 N–H and O–H groups in total. The zero-order chi connectivity index (χ0) is 15.1. The molecule has 0 fully saturated rings. The molecule has 6 heteroatoms. The Morgan fingerprint density at radius 3 is 2.70 bits per heavy atom. The molecule has 0 aliphatic rings. The van der Waals surface area contributed by atoms with Gasteiger partial charge in [-0.05, 0) is 31.5 Å². The Labute approximate surface area is 119 Å². The van der Waals surface area contributed by atoms with Crippen LogP contribution in [-0.2, 0) is 11.3 Å². The van der Waals surface area contributed by atoms with Crippen LogP contribution < -0.4 is 16.4 Å². The van der Waals surface area contributed by atoms with Crippen molar-refractivity contribution >= 4 is 17.6 Å². The molecule has 0 aliphatic carbocycles. The first-order valence-corrected chi connectivity index (χ1v) is 6.59. The summed E-state index contributed by atoms with van der Waals surface area (Å²) in [6.45, 7) is 4.55. The molecule has 3 amide bonds. The Morgan fingerprint density at radius 1 is 1.40 bits per heavy atom. The second kappa shape index (κ2) is 7.49. The highest BCUT2D eigenvalue weighted by atomic mass is 16.2. The van der Waals surface area contributed by atoms with Crippen molar-refractivity contribution in [2.45, 2.75) is 26.4 Å². The van der Waals surface area contributed by atoms with Gasteiger partial charge in [0.2, 0.25) is 5.91 Å². The van der Waals surface area contributed by atoms with Crippen molar-refractivity contribution < 1.29 is 9.59 Å². The number of nitrogens with zero attached hydrogens (tertiary/aromatic N) is 1. The minimum atomic E-state index is -0.572. The van der Waals surface area contributed by atoms with E-state index < -0.39 is 12.1 Å². The Kier molecular flexibility index (Phi) is 5.99. The largest absolute Gasteiger partial charge is 0.344 e. The molecular weight excluding hydrogens is 256 g/mol. The van der Waals surface area contributed by atoms with Crippen molar-refractivity contribution in [2.24, 2.45) is 5.73 Å². The zero-order valence-corrected chi connectivity index (χ0v) is 12.1. The van der Waals surface area contributed by atoms with Crippen molar-refractivity contribution in [1.82, 2.24) is 10.2 Å². The summed E-state index contributed by atoms with van der Waals surface area (Å²) < 4.78 is 0. The first-order chi connectivity index (χ1) is 9.47. The second-order valence-electron chi connectivity index (χ2n) is 4.58. The number of hydrogen-bond acceptors (Lipinski definition) is 3. The van der Waals surface area contributed by atoms with Crippen LogP contribution in [0.25, 0.3) is 0 Å². The standard InChI is InChI=1S/C14H22N4O2/c1-4-18(3)13(19)10(2)16-14(20)17-12-7-5-6-11(8-12)9-15/h5-8,10H,4,9,15H2,1-3H3,(H2,16,17,20). The number of benzene rings is 1. The van der Waals surface area contributed by atoms with Crippen LogP contribution in [0.4, 0.5) is 10.5 Å². The molecule has 0 radical (unpaired) electrons. The Bertz CT molecular complexity index is 476. The molecule has 0 heterocycles. The topological polar surface area (TPSA) is 87.5 Å². The molecule has 0 aromatic heterocycles. The molecule has 0 saturated heterocycles. The van der Waals surface area contributed by atoms with Gasteiger partial charge in [-0.2, -0.15) is 0 Å². The first-order valence-electron chi connectivity index (χ1n) is 6.59. The summed E-state index contributed by atoms with van der Waals surface area (Å²) in [6.07, 6.45) is 0. The third-order valence-corrected chi connectivity index (χ3v) is 2.99. The van der Waals surface area contributed by atoms with Gasteiger partial charge in [0.05, 0.1) is 0 Å². The number of hydrogen-bond donors (Lipinski definition) is 3. The highest BCUT2D eigenvalue weighted by molar-refractivity contribution is 5.93. The summed E-state index contributed by atoms with van der Waals surface area (Å²) in [5, 5.41) is 5.29. The van der Waals surface area contributed by atoms with Gasteiger partial charge in [-0.25, -0.2) is 4.79 Å². The smallest absolute Gasteiger partial charge is 0.319 e. The summed E-state index contributed by atoms with van der Waals surface area (Å²) in [6, 6.07) is 6.28. The maximum atomic E-state index is 11.8. The SMILES string of the molecule is CCN(C)C(=O)C(C)NC(=O)Nc1cccc(CN)c1. The minimum absolute atomic E-state index is 0.127. The van der Waals surface area contributed by atoms with Crippen molar-refractivity contribution in [3.63, 3.8) is 0 Å². The number of nitrogens with two attached hydrogens (primary N) is 1. The van der Waals surface area contributed by atoms with E-state index >= 15 is 0 Å². The Morgan fingerprint density at radius 2 is 2.10 bits per heavy atom. The van der Waals surface area contributed by atoms with Crippen LogP contribution >= 0.6 is 0 Å². The van der Waals surface area contributed by atoms with Gasteiger partial charge in [-0.3, -0.25) is 4.79 Å². The summed E-state index contributed by atoms with van der Waals surface area (Å²) in [5.74, 6) is -0.127. The molecule has 1 rings (SSSR count). The zero-order valence-electron chi connectivity index (χ0n) is 12.1. The quantitative estimate of drug-likeness (QED) is 0.754. The van der Waals surface area contributed by atoms with E-state index in [1.807, 2.05) is 19.1 Å². The third-order valence-electron chi connectivity index (χ3n) is 2.99. The minimum Gasteiger partial charge on any atom is -0.344 e. The molecule has 1 unspecified atom stereocenters. The summed E-state index contributed by atoms with van der Waals surface area (Å²) >= 11 is 0. The number of urea groups is 1. The lowest BCUT2D eigenvalue weighted by Gasteiger charge is -2.20. The lowest BCUT2D eigenvalue weighted by molar-refractivity contribution is -0.131. The molecule has 1 aromatic carbocycles. The average molecular weight is 278 g/mol. The van der Waals surface area contributed by atoms with E-state index in [0.29, 0.717) is 18.8 Å². The Balaban J connectivity index is 2.56.